The van der Waals surface area contributed by atoms with Crippen molar-refractivity contribution in [2.45, 2.75) is 76.8 Å². The summed E-state index contributed by atoms with van der Waals surface area (Å²) in [5, 5.41) is 4.55. The number of aryl methyl sites for hydroxylation is 2. The van der Waals surface area contributed by atoms with Gasteiger partial charge in [0.2, 0.25) is 11.9 Å². The maximum absolute atomic E-state index is 13.1. The summed E-state index contributed by atoms with van der Waals surface area (Å²) < 4.78 is 28.0. The number of halogens is 2. The van der Waals surface area contributed by atoms with E-state index in [4.69, 9.17) is 0 Å². The van der Waals surface area contributed by atoms with Crippen molar-refractivity contribution >= 4 is 11.6 Å². The van der Waals surface area contributed by atoms with Crippen LogP contribution in [0.1, 0.15) is 57.0 Å². The van der Waals surface area contributed by atoms with E-state index in [0.717, 1.165) is 12.9 Å². The predicted octanol–water partition coefficient (Wildman–Crippen LogP) is 3.54. The topological polar surface area (TPSA) is 46.3 Å². The Morgan fingerprint density at radius 1 is 1.17 bits per heavy atom. The summed E-state index contributed by atoms with van der Waals surface area (Å²) >= 11 is 0. The molecule has 0 N–H and O–H groups in total. The maximum atomic E-state index is 13.1. The summed E-state index contributed by atoms with van der Waals surface area (Å²) in [5.74, 6) is -1.14. The van der Waals surface area contributed by atoms with Crippen LogP contribution in [0.5, 0.6) is 0 Å². The Morgan fingerprint density at radius 3 is 2.54 bits per heavy atom. The zero-order valence-corrected chi connectivity index (χ0v) is 14.2. The fourth-order valence-electron chi connectivity index (χ4n) is 4.11. The Kier molecular flexibility index (Phi) is 3.69. The summed E-state index contributed by atoms with van der Waals surface area (Å²) in [5.41, 5.74) is 1.36. The van der Waals surface area contributed by atoms with Gasteiger partial charge >= 0.3 is 0 Å². The molecule has 0 aliphatic carbocycles. The number of nitrogens with zero attached hydrogens (tertiary/aromatic N) is 5. The van der Waals surface area contributed by atoms with E-state index in [1.165, 1.54) is 32.1 Å². The molecule has 130 valence electrons. The number of aromatic nitrogens is 4. The van der Waals surface area contributed by atoms with E-state index in [2.05, 4.69) is 20.0 Å². The third-order valence-corrected chi connectivity index (χ3v) is 5.21. The van der Waals surface area contributed by atoms with E-state index in [1.54, 1.807) is 4.52 Å². The summed E-state index contributed by atoms with van der Waals surface area (Å²) in [7, 11) is 0. The Morgan fingerprint density at radius 2 is 1.88 bits per heavy atom. The van der Waals surface area contributed by atoms with Gasteiger partial charge in [0.05, 0.1) is 5.69 Å². The molecule has 2 aliphatic heterocycles. The van der Waals surface area contributed by atoms with Crippen molar-refractivity contribution in [3.05, 3.63) is 17.6 Å². The van der Waals surface area contributed by atoms with Crippen LogP contribution in [0, 0.1) is 6.92 Å². The highest BCUT2D eigenvalue weighted by atomic mass is 19.3. The Labute approximate surface area is 140 Å². The fourth-order valence-corrected chi connectivity index (χ4v) is 4.11. The molecule has 2 saturated heterocycles. The minimum absolute atomic E-state index is 0.201. The van der Waals surface area contributed by atoms with Crippen LogP contribution in [0.4, 0.5) is 14.7 Å². The molecule has 2 atom stereocenters. The standard InChI is InChI=1S/C17H23F2N5/c1-11-20-15-10-12(8-9-17(2,18)19)22-24(15)16(21-11)23-13-4-3-5-14(23)7-6-13/h10,13-14H,3-9H2,1-2H3. The summed E-state index contributed by atoms with van der Waals surface area (Å²) in [6.07, 6.45) is 6.10. The summed E-state index contributed by atoms with van der Waals surface area (Å²) in [4.78, 5) is 11.5. The molecule has 0 spiro atoms. The number of alkyl halides is 2. The normalized spacial score (nSPS) is 24.1. The third kappa shape index (κ3) is 2.84. The van der Waals surface area contributed by atoms with Crippen LogP contribution >= 0.6 is 0 Å². The number of hydrogen-bond donors (Lipinski definition) is 0. The van der Waals surface area contributed by atoms with Crippen LogP contribution in [-0.4, -0.2) is 37.6 Å². The SMILES string of the molecule is Cc1nc(N2C3CCCC2CC3)n2nc(CCC(C)(F)F)cc2n1. The Bertz CT molecular complexity index is 735. The monoisotopic (exact) mass is 335 g/mol. The second-order valence-corrected chi connectivity index (χ2v) is 7.27. The van der Waals surface area contributed by atoms with Crippen LogP contribution in [0.15, 0.2) is 6.07 Å². The summed E-state index contributed by atoms with van der Waals surface area (Å²) in [6, 6.07) is 2.86. The van der Waals surface area contributed by atoms with Gasteiger partial charge < -0.3 is 4.90 Å². The first-order chi connectivity index (χ1) is 11.4. The lowest BCUT2D eigenvalue weighted by Crippen LogP contribution is -2.41. The number of rotatable bonds is 4. The molecule has 2 unspecified atom stereocenters. The van der Waals surface area contributed by atoms with Gasteiger partial charge in [-0.3, -0.25) is 0 Å². The van der Waals surface area contributed by atoms with E-state index in [1.807, 2.05) is 13.0 Å². The lowest BCUT2D eigenvalue weighted by molar-refractivity contribution is 0.0130. The first-order valence-electron chi connectivity index (χ1n) is 8.80. The van der Waals surface area contributed by atoms with Crippen molar-refractivity contribution in [1.29, 1.82) is 0 Å². The quantitative estimate of drug-likeness (QED) is 0.857. The van der Waals surface area contributed by atoms with Crippen LogP contribution in [-0.2, 0) is 6.42 Å². The van der Waals surface area contributed by atoms with Crippen molar-refractivity contribution in [3.8, 4) is 0 Å². The molecule has 0 amide bonds. The van der Waals surface area contributed by atoms with Crippen molar-refractivity contribution < 1.29 is 8.78 Å². The molecule has 0 aromatic carbocycles. The molecule has 4 heterocycles. The molecule has 7 heteroatoms. The van der Waals surface area contributed by atoms with E-state index >= 15 is 0 Å². The third-order valence-electron chi connectivity index (χ3n) is 5.21. The smallest absolute Gasteiger partial charge is 0.245 e. The van der Waals surface area contributed by atoms with Gasteiger partial charge in [0.25, 0.3) is 0 Å². The van der Waals surface area contributed by atoms with E-state index in [9.17, 15) is 8.78 Å². The second-order valence-electron chi connectivity index (χ2n) is 7.27. The van der Waals surface area contributed by atoms with Crippen LogP contribution in [0.3, 0.4) is 0 Å². The number of piperidine rings is 1. The zero-order valence-electron chi connectivity index (χ0n) is 14.2. The first-order valence-corrected chi connectivity index (χ1v) is 8.80. The molecular weight excluding hydrogens is 312 g/mol. The van der Waals surface area contributed by atoms with E-state index in [-0.39, 0.29) is 12.8 Å². The lowest BCUT2D eigenvalue weighted by atomic mass is 10.0. The second kappa shape index (κ2) is 5.63. The van der Waals surface area contributed by atoms with Crippen molar-refractivity contribution in [3.63, 3.8) is 0 Å². The lowest BCUT2D eigenvalue weighted by Gasteiger charge is -2.35. The van der Waals surface area contributed by atoms with Crippen molar-refractivity contribution in [2.24, 2.45) is 0 Å². The molecule has 0 saturated carbocycles. The molecule has 5 nitrogen and oxygen atoms in total. The van der Waals surface area contributed by atoms with Crippen molar-refractivity contribution in [2.75, 3.05) is 4.90 Å². The van der Waals surface area contributed by atoms with E-state index in [0.29, 0.717) is 29.2 Å². The number of hydrogen-bond acceptors (Lipinski definition) is 4. The number of fused-ring (bicyclic) bond motifs is 3. The minimum atomic E-state index is -2.67. The molecule has 4 rings (SSSR count). The Hall–Kier alpha value is -1.79. The minimum Gasteiger partial charge on any atom is -0.335 e. The molecule has 24 heavy (non-hydrogen) atoms. The van der Waals surface area contributed by atoms with E-state index < -0.39 is 5.92 Å². The molecular formula is C17H23F2N5. The first kappa shape index (κ1) is 15.7. The zero-order chi connectivity index (χ0) is 16.9. The van der Waals surface area contributed by atoms with Gasteiger partial charge in [-0.2, -0.15) is 14.6 Å². The molecule has 0 radical (unpaired) electrons. The van der Waals surface area contributed by atoms with Gasteiger partial charge in [-0.05, 0) is 52.4 Å². The summed E-state index contributed by atoms with van der Waals surface area (Å²) in [6.45, 7) is 2.83. The van der Waals surface area contributed by atoms with Gasteiger partial charge in [-0.15, -0.1) is 0 Å². The molecule has 2 fully saturated rings. The van der Waals surface area contributed by atoms with Crippen LogP contribution < -0.4 is 4.90 Å². The van der Waals surface area contributed by atoms with Crippen molar-refractivity contribution in [1.82, 2.24) is 19.6 Å². The number of anilines is 1. The molecule has 2 aliphatic rings. The van der Waals surface area contributed by atoms with Crippen LogP contribution in [0.2, 0.25) is 0 Å². The predicted molar refractivity (Wildman–Crippen MR) is 87.6 cm³/mol. The van der Waals surface area contributed by atoms with Gasteiger partial charge in [0, 0.05) is 24.6 Å². The van der Waals surface area contributed by atoms with Gasteiger partial charge in [-0.25, -0.2) is 13.8 Å². The average molecular weight is 335 g/mol. The highest BCUT2D eigenvalue weighted by Gasteiger charge is 2.38. The highest BCUT2D eigenvalue weighted by Crippen LogP contribution is 2.38. The van der Waals surface area contributed by atoms with Gasteiger partial charge in [0.15, 0.2) is 5.65 Å². The molecule has 2 aromatic heterocycles. The molecule has 2 aromatic rings. The highest BCUT2D eigenvalue weighted by molar-refractivity contribution is 5.49. The van der Waals surface area contributed by atoms with Gasteiger partial charge in [0.1, 0.15) is 5.82 Å². The largest absolute Gasteiger partial charge is 0.335 e. The Balaban J connectivity index is 1.71. The fraction of sp³-hybridized carbons (Fsp3) is 0.706. The average Bonchev–Trinajstić information content (AvgIpc) is 3.01. The molecule has 2 bridgehead atoms. The maximum Gasteiger partial charge on any atom is 0.245 e. The van der Waals surface area contributed by atoms with Crippen LogP contribution in [0.25, 0.3) is 5.65 Å². The van der Waals surface area contributed by atoms with Gasteiger partial charge in [-0.1, -0.05) is 0 Å².